The van der Waals surface area contributed by atoms with Crippen LogP contribution in [0.1, 0.15) is 0 Å². The average molecular weight is 345 g/mol. The smallest absolute Gasteiger partial charge is 0.175 e. The molecule has 0 fully saturated rings. The Balaban J connectivity index is 2.13. The summed E-state index contributed by atoms with van der Waals surface area (Å²) in [6, 6.07) is 9.10. The SMILES string of the molecule is COc1ccc(Cl)cc1NC(=S)Nc1ccc(F)cc1Cl. The van der Waals surface area contributed by atoms with Crippen molar-refractivity contribution >= 4 is 51.9 Å². The Morgan fingerprint density at radius 3 is 2.48 bits per heavy atom. The Morgan fingerprint density at radius 2 is 1.81 bits per heavy atom. The van der Waals surface area contributed by atoms with Crippen molar-refractivity contribution in [2.24, 2.45) is 0 Å². The topological polar surface area (TPSA) is 33.3 Å². The molecule has 21 heavy (non-hydrogen) atoms. The van der Waals surface area contributed by atoms with Gasteiger partial charge in [0.15, 0.2) is 5.11 Å². The van der Waals surface area contributed by atoms with Crippen LogP contribution >= 0.6 is 35.4 Å². The molecule has 2 N–H and O–H groups in total. The largest absolute Gasteiger partial charge is 0.495 e. The van der Waals surface area contributed by atoms with E-state index < -0.39 is 5.82 Å². The van der Waals surface area contributed by atoms with Gasteiger partial charge in [0.1, 0.15) is 11.6 Å². The normalized spacial score (nSPS) is 10.1. The highest BCUT2D eigenvalue weighted by Gasteiger charge is 2.08. The first-order valence-corrected chi connectivity index (χ1v) is 7.02. The molecule has 0 saturated carbocycles. The van der Waals surface area contributed by atoms with E-state index in [2.05, 4.69) is 10.6 Å². The first-order chi connectivity index (χ1) is 9.99. The van der Waals surface area contributed by atoms with Crippen LogP contribution in [0.4, 0.5) is 15.8 Å². The Kier molecular flexibility index (Phi) is 5.22. The highest BCUT2D eigenvalue weighted by Crippen LogP contribution is 2.28. The predicted octanol–water partition coefficient (Wildman–Crippen LogP) is 4.95. The summed E-state index contributed by atoms with van der Waals surface area (Å²) < 4.78 is 18.2. The molecule has 0 atom stereocenters. The number of hydrogen-bond acceptors (Lipinski definition) is 2. The van der Waals surface area contributed by atoms with Crippen LogP contribution < -0.4 is 15.4 Å². The lowest BCUT2D eigenvalue weighted by molar-refractivity contribution is 0.417. The van der Waals surface area contributed by atoms with Crippen LogP contribution in [0, 0.1) is 5.82 Å². The summed E-state index contributed by atoms with van der Waals surface area (Å²) in [4.78, 5) is 0. The maximum atomic E-state index is 13.0. The average Bonchev–Trinajstić information content (AvgIpc) is 2.42. The second kappa shape index (κ2) is 6.93. The number of thiocarbonyl (C=S) groups is 1. The van der Waals surface area contributed by atoms with Crippen molar-refractivity contribution in [1.82, 2.24) is 0 Å². The van der Waals surface area contributed by atoms with E-state index in [9.17, 15) is 4.39 Å². The molecular weight excluding hydrogens is 334 g/mol. The van der Waals surface area contributed by atoms with E-state index in [1.165, 1.54) is 18.2 Å². The van der Waals surface area contributed by atoms with Crippen molar-refractivity contribution in [3.63, 3.8) is 0 Å². The molecule has 0 aliphatic heterocycles. The van der Waals surface area contributed by atoms with Gasteiger partial charge in [0.05, 0.1) is 23.5 Å². The monoisotopic (exact) mass is 344 g/mol. The van der Waals surface area contributed by atoms with Crippen molar-refractivity contribution in [1.29, 1.82) is 0 Å². The molecule has 3 nitrogen and oxygen atoms in total. The number of ether oxygens (including phenoxy) is 1. The van der Waals surface area contributed by atoms with Crippen LogP contribution in [-0.4, -0.2) is 12.2 Å². The summed E-state index contributed by atoms with van der Waals surface area (Å²) in [7, 11) is 1.54. The molecule has 0 amide bonds. The summed E-state index contributed by atoms with van der Waals surface area (Å²) in [6.07, 6.45) is 0. The number of methoxy groups -OCH3 is 1. The number of halogens is 3. The molecule has 0 aromatic heterocycles. The maximum Gasteiger partial charge on any atom is 0.175 e. The van der Waals surface area contributed by atoms with Crippen molar-refractivity contribution in [2.45, 2.75) is 0 Å². The van der Waals surface area contributed by atoms with Gasteiger partial charge in [0.25, 0.3) is 0 Å². The molecule has 0 radical (unpaired) electrons. The molecule has 0 saturated heterocycles. The third kappa shape index (κ3) is 4.20. The van der Waals surface area contributed by atoms with Crippen LogP contribution in [0.2, 0.25) is 10.0 Å². The third-order valence-corrected chi connectivity index (χ3v) is 3.34. The molecule has 2 rings (SSSR count). The summed E-state index contributed by atoms with van der Waals surface area (Å²) in [5.74, 6) is 0.176. The van der Waals surface area contributed by atoms with Crippen LogP contribution in [0.3, 0.4) is 0 Å². The van der Waals surface area contributed by atoms with Crippen molar-refractivity contribution in [2.75, 3.05) is 17.7 Å². The molecule has 2 aromatic carbocycles. The van der Waals surface area contributed by atoms with Crippen LogP contribution in [-0.2, 0) is 0 Å². The zero-order valence-corrected chi connectivity index (χ0v) is 13.2. The van der Waals surface area contributed by atoms with Gasteiger partial charge in [-0.1, -0.05) is 23.2 Å². The molecule has 110 valence electrons. The molecule has 7 heteroatoms. The van der Waals surface area contributed by atoms with Gasteiger partial charge in [0.2, 0.25) is 0 Å². The van der Waals surface area contributed by atoms with Gasteiger partial charge in [-0.2, -0.15) is 0 Å². The summed E-state index contributed by atoms with van der Waals surface area (Å²) in [6.45, 7) is 0. The zero-order chi connectivity index (χ0) is 15.4. The third-order valence-electron chi connectivity index (χ3n) is 2.59. The van der Waals surface area contributed by atoms with E-state index in [1.54, 1.807) is 25.3 Å². The summed E-state index contributed by atoms with van der Waals surface area (Å²) >= 11 is 17.1. The quantitative estimate of drug-likeness (QED) is 0.771. The number of nitrogens with one attached hydrogen (secondary N) is 2. The van der Waals surface area contributed by atoms with Gasteiger partial charge >= 0.3 is 0 Å². The Bertz CT molecular complexity index is 682. The number of anilines is 2. The van der Waals surface area contributed by atoms with Gasteiger partial charge in [0, 0.05) is 5.02 Å². The lowest BCUT2D eigenvalue weighted by atomic mass is 10.3. The molecule has 2 aromatic rings. The standard InChI is InChI=1S/C14H11Cl2FN2OS/c1-20-13-5-2-8(15)6-12(13)19-14(21)18-11-4-3-9(17)7-10(11)16/h2-7H,1H3,(H2,18,19,21). The number of benzene rings is 2. The molecule has 0 aliphatic carbocycles. The molecule has 0 spiro atoms. The van der Waals surface area contributed by atoms with E-state index in [1.807, 2.05) is 0 Å². The second-order valence-corrected chi connectivity index (χ2v) is 5.30. The molecule has 0 bridgehead atoms. The molecule has 0 unspecified atom stereocenters. The van der Waals surface area contributed by atoms with Crippen molar-refractivity contribution < 1.29 is 9.13 Å². The Hall–Kier alpha value is -1.56. The fraction of sp³-hybridized carbons (Fsp3) is 0.0714. The zero-order valence-electron chi connectivity index (χ0n) is 10.9. The lowest BCUT2D eigenvalue weighted by Crippen LogP contribution is -2.19. The summed E-state index contributed by atoms with van der Waals surface area (Å²) in [5, 5.41) is 6.89. The van der Waals surface area contributed by atoms with E-state index in [0.29, 0.717) is 22.1 Å². The van der Waals surface area contributed by atoms with Gasteiger partial charge in [-0.3, -0.25) is 0 Å². The predicted molar refractivity (Wildman–Crippen MR) is 89.3 cm³/mol. The molecular formula is C14H11Cl2FN2OS. The number of hydrogen-bond donors (Lipinski definition) is 2. The van der Waals surface area contributed by atoms with E-state index in [4.69, 9.17) is 40.2 Å². The molecule has 0 heterocycles. The highest BCUT2D eigenvalue weighted by molar-refractivity contribution is 7.80. The van der Waals surface area contributed by atoms with E-state index in [0.717, 1.165) is 0 Å². The first kappa shape index (κ1) is 15.8. The first-order valence-electron chi connectivity index (χ1n) is 5.86. The van der Waals surface area contributed by atoms with Gasteiger partial charge in [-0.15, -0.1) is 0 Å². The minimum Gasteiger partial charge on any atom is -0.495 e. The van der Waals surface area contributed by atoms with Crippen molar-refractivity contribution in [3.05, 3.63) is 52.3 Å². The van der Waals surface area contributed by atoms with Crippen LogP contribution in [0.15, 0.2) is 36.4 Å². The number of rotatable bonds is 3. The summed E-state index contributed by atoms with van der Waals surface area (Å²) in [5.41, 5.74) is 1.11. The second-order valence-electron chi connectivity index (χ2n) is 4.05. The van der Waals surface area contributed by atoms with Crippen LogP contribution in [0.5, 0.6) is 5.75 Å². The van der Waals surface area contributed by atoms with Gasteiger partial charge < -0.3 is 15.4 Å². The maximum absolute atomic E-state index is 13.0. The fourth-order valence-electron chi connectivity index (χ4n) is 1.64. The Labute approximate surface area is 137 Å². The highest BCUT2D eigenvalue weighted by atomic mass is 35.5. The van der Waals surface area contributed by atoms with Gasteiger partial charge in [-0.25, -0.2) is 4.39 Å². The van der Waals surface area contributed by atoms with E-state index >= 15 is 0 Å². The van der Waals surface area contributed by atoms with Gasteiger partial charge in [-0.05, 0) is 48.6 Å². The molecule has 0 aliphatic rings. The Morgan fingerprint density at radius 1 is 1.10 bits per heavy atom. The minimum absolute atomic E-state index is 0.234. The van der Waals surface area contributed by atoms with Crippen LogP contribution in [0.25, 0.3) is 0 Å². The fourth-order valence-corrected chi connectivity index (χ4v) is 2.25. The lowest BCUT2D eigenvalue weighted by Gasteiger charge is -2.14. The minimum atomic E-state index is -0.416. The van der Waals surface area contributed by atoms with E-state index in [-0.39, 0.29) is 10.1 Å². The van der Waals surface area contributed by atoms with Crippen molar-refractivity contribution in [3.8, 4) is 5.75 Å².